The van der Waals surface area contributed by atoms with Crippen molar-refractivity contribution < 1.29 is 38.1 Å². The van der Waals surface area contributed by atoms with Gasteiger partial charge >= 0.3 is 12.6 Å². The Morgan fingerprint density at radius 3 is 2.74 bits per heavy atom. The van der Waals surface area contributed by atoms with Gasteiger partial charge in [0.05, 0.1) is 11.9 Å². The Hall–Kier alpha value is -4.63. The quantitative estimate of drug-likeness (QED) is 0.225. The number of hydrogen-bond acceptors (Lipinski definition) is 8. The van der Waals surface area contributed by atoms with Crippen LogP contribution in [0.1, 0.15) is 16.8 Å². The summed E-state index contributed by atoms with van der Waals surface area (Å²) in [5.41, 5.74) is 6.33. The van der Waals surface area contributed by atoms with Crippen LogP contribution in [-0.4, -0.2) is 65.6 Å². The number of hydrogen-bond donors (Lipinski definition) is 4. The summed E-state index contributed by atoms with van der Waals surface area (Å²) in [6.45, 7) is -3.30. The van der Waals surface area contributed by atoms with E-state index in [9.17, 15) is 18.4 Å². The molecule has 38 heavy (non-hydrogen) atoms. The lowest BCUT2D eigenvalue weighted by molar-refractivity contribution is -0.138. The van der Waals surface area contributed by atoms with Gasteiger partial charge in [0.2, 0.25) is 0 Å². The van der Waals surface area contributed by atoms with Gasteiger partial charge in [-0.15, -0.1) is 0 Å². The van der Waals surface area contributed by atoms with Crippen LogP contribution in [-0.2, 0) is 16.1 Å². The molecule has 0 spiro atoms. The fourth-order valence-electron chi connectivity index (χ4n) is 3.28. The van der Waals surface area contributed by atoms with Crippen LogP contribution in [0.5, 0.6) is 5.75 Å². The number of carboxylic acid groups (broad SMARTS) is 2. The summed E-state index contributed by atoms with van der Waals surface area (Å²) in [4.78, 5) is 36.6. The molecule has 16 heteroatoms. The summed E-state index contributed by atoms with van der Waals surface area (Å²) in [5.74, 6) is -1.99. The minimum atomic E-state index is -3.12. The van der Waals surface area contributed by atoms with Crippen molar-refractivity contribution in [1.29, 1.82) is 0 Å². The average Bonchev–Trinajstić information content (AvgIpc) is 3.48. The van der Waals surface area contributed by atoms with Crippen LogP contribution < -0.4 is 15.8 Å². The number of aromatic nitrogens is 5. The van der Waals surface area contributed by atoms with Crippen molar-refractivity contribution in [3.8, 4) is 17.0 Å². The van der Waals surface area contributed by atoms with E-state index in [0.717, 1.165) is 0 Å². The zero-order valence-corrected chi connectivity index (χ0v) is 20.0. The summed E-state index contributed by atoms with van der Waals surface area (Å²) in [6.07, 6.45) is 5.90. The molecule has 1 amide bonds. The SMILES string of the molecule is N[C@@H](CCn1cc(NC(=O)c2cnn3cccnc23)c(-c2cc(Cl)ccc2OC(F)F)n1)C(=O)O.O=CO. The van der Waals surface area contributed by atoms with Crippen molar-refractivity contribution in [3.63, 3.8) is 0 Å². The maximum atomic E-state index is 13.1. The fourth-order valence-corrected chi connectivity index (χ4v) is 3.46. The standard InChI is InChI=1S/C21H18ClF2N7O4.CH2O2/c22-11-2-3-16(35-21(23)24)12(8-11)17-15(10-30(29-17)7-4-14(25)20(33)34)28-19(32)13-9-27-31-6-1-5-26-18(13)31;2-1-3/h1-3,5-6,8-10,14,21H,4,7,25H2,(H,28,32)(H,33,34);1H,(H,2,3)/t14-;/m0./s1. The Balaban J connectivity index is 0.00000127. The minimum absolute atomic E-state index is 0.0255. The third kappa shape index (κ3) is 6.77. The number of nitrogens with zero attached hydrogens (tertiary/aromatic N) is 5. The van der Waals surface area contributed by atoms with Crippen molar-refractivity contribution in [2.75, 3.05) is 5.32 Å². The molecule has 1 aromatic carbocycles. The van der Waals surface area contributed by atoms with Crippen LogP contribution in [0.4, 0.5) is 14.5 Å². The zero-order valence-electron chi connectivity index (χ0n) is 19.2. The van der Waals surface area contributed by atoms with E-state index in [-0.39, 0.29) is 52.7 Å². The summed E-state index contributed by atoms with van der Waals surface area (Å²) in [7, 11) is 0. The van der Waals surface area contributed by atoms with Gasteiger partial charge < -0.3 is 26.0 Å². The molecule has 0 saturated heterocycles. The Bertz CT molecular complexity index is 1440. The van der Waals surface area contributed by atoms with Crippen molar-refractivity contribution in [3.05, 3.63) is 59.6 Å². The van der Waals surface area contributed by atoms with E-state index >= 15 is 0 Å². The molecular formula is C22H20ClF2N7O6. The van der Waals surface area contributed by atoms with E-state index in [2.05, 4.69) is 25.2 Å². The molecule has 0 saturated carbocycles. The minimum Gasteiger partial charge on any atom is -0.483 e. The van der Waals surface area contributed by atoms with E-state index in [0.29, 0.717) is 5.65 Å². The second kappa shape index (κ2) is 12.6. The maximum Gasteiger partial charge on any atom is 0.387 e. The van der Waals surface area contributed by atoms with Crippen LogP contribution in [0.3, 0.4) is 0 Å². The van der Waals surface area contributed by atoms with E-state index in [1.165, 1.54) is 46.0 Å². The van der Waals surface area contributed by atoms with Gasteiger partial charge in [-0.05, 0) is 30.7 Å². The number of halogens is 3. The Labute approximate surface area is 217 Å². The number of amides is 1. The van der Waals surface area contributed by atoms with Crippen molar-refractivity contribution >= 4 is 41.3 Å². The number of carbonyl (C=O) groups is 3. The molecule has 4 aromatic rings. The van der Waals surface area contributed by atoms with Gasteiger partial charge in [-0.25, -0.2) is 9.50 Å². The molecule has 200 valence electrons. The van der Waals surface area contributed by atoms with Gasteiger partial charge in [0.25, 0.3) is 12.4 Å². The van der Waals surface area contributed by atoms with Gasteiger partial charge in [-0.1, -0.05) is 11.6 Å². The molecule has 13 nitrogen and oxygen atoms in total. The average molecular weight is 552 g/mol. The van der Waals surface area contributed by atoms with E-state index < -0.39 is 24.5 Å². The van der Waals surface area contributed by atoms with Gasteiger partial charge in [-0.3, -0.25) is 19.1 Å². The number of fused-ring (bicyclic) bond motifs is 1. The second-order valence-electron chi connectivity index (χ2n) is 7.41. The molecule has 0 aliphatic rings. The van der Waals surface area contributed by atoms with Crippen LogP contribution in [0.2, 0.25) is 5.02 Å². The molecule has 4 rings (SSSR count). The maximum absolute atomic E-state index is 13.1. The van der Waals surface area contributed by atoms with E-state index in [1.807, 2.05) is 0 Å². The summed E-state index contributed by atoms with van der Waals surface area (Å²) < 4.78 is 33.4. The zero-order chi connectivity index (χ0) is 27.8. The second-order valence-corrected chi connectivity index (χ2v) is 7.85. The van der Waals surface area contributed by atoms with Gasteiger partial charge in [0, 0.05) is 35.7 Å². The molecule has 0 unspecified atom stereocenters. The first kappa shape index (κ1) is 27.9. The fraction of sp³-hybridized carbons (Fsp3) is 0.182. The van der Waals surface area contributed by atoms with Crippen LogP contribution in [0.15, 0.2) is 49.1 Å². The van der Waals surface area contributed by atoms with Gasteiger partial charge in [0.15, 0.2) is 5.65 Å². The summed E-state index contributed by atoms with van der Waals surface area (Å²) >= 11 is 6.09. The predicted octanol–water partition coefficient (Wildman–Crippen LogP) is 2.60. The number of nitrogens with one attached hydrogen (secondary N) is 1. The number of aryl methyl sites for hydroxylation is 1. The number of ether oxygens (including phenoxy) is 1. The third-order valence-electron chi connectivity index (χ3n) is 4.93. The van der Waals surface area contributed by atoms with Crippen molar-refractivity contribution in [1.82, 2.24) is 24.4 Å². The smallest absolute Gasteiger partial charge is 0.387 e. The van der Waals surface area contributed by atoms with Gasteiger partial charge in [-0.2, -0.15) is 19.0 Å². The third-order valence-corrected chi connectivity index (χ3v) is 5.17. The Morgan fingerprint density at radius 1 is 1.32 bits per heavy atom. The highest BCUT2D eigenvalue weighted by molar-refractivity contribution is 6.31. The highest BCUT2D eigenvalue weighted by Gasteiger charge is 2.22. The molecule has 3 aromatic heterocycles. The Kier molecular flexibility index (Phi) is 9.23. The number of carboxylic acids is 1. The number of rotatable bonds is 9. The molecule has 0 bridgehead atoms. The molecule has 0 radical (unpaired) electrons. The first-order chi connectivity index (χ1) is 18.1. The molecule has 3 heterocycles. The van der Waals surface area contributed by atoms with Crippen LogP contribution in [0, 0.1) is 0 Å². The topological polar surface area (TPSA) is 187 Å². The number of benzene rings is 1. The molecule has 0 fully saturated rings. The van der Waals surface area contributed by atoms with E-state index in [1.54, 1.807) is 12.3 Å². The highest BCUT2D eigenvalue weighted by atomic mass is 35.5. The first-order valence-electron chi connectivity index (χ1n) is 10.6. The normalized spacial score (nSPS) is 11.5. The van der Waals surface area contributed by atoms with Crippen molar-refractivity contribution in [2.24, 2.45) is 5.73 Å². The Morgan fingerprint density at radius 2 is 2.05 bits per heavy atom. The summed E-state index contributed by atoms with van der Waals surface area (Å²) in [5, 5.41) is 27.2. The lowest BCUT2D eigenvalue weighted by Gasteiger charge is -2.11. The number of alkyl halides is 2. The summed E-state index contributed by atoms with van der Waals surface area (Å²) in [6, 6.07) is 4.49. The van der Waals surface area contributed by atoms with Gasteiger partial charge in [0.1, 0.15) is 23.0 Å². The molecular weight excluding hydrogens is 532 g/mol. The lowest BCUT2D eigenvalue weighted by atomic mass is 10.1. The number of anilines is 1. The number of nitrogens with two attached hydrogens (primary N) is 1. The largest absolute Gasteiger partial charge is 0.483 e. The van der Waals surface area contributed by atoms with Crippen LogP contribution in [0.25, 0.3) is 16.9 Å². The molecule has 1 atom stereocenters. The van der Waals surface area contributed by atoms with E-state index in [4.69, 9.17) is 32.3 Å². The number of carbonyl (C=O) groups excluding carboxylic acids is 1. The van der Waals surface area contributed by atoms with Crippen LogP contribution >= 0.6 is 11.6 Å². The first-order valence-corrected chi connectivity index (χ1v) is 11.0. The molecule has 0 aliphatic carbocycles. The predicted molar refractivity (Wildman–Crippen MR) is 129 cm³/mol. The number of aliphatic carboxylic acids is 1. The molecule has 5 N–H and O–H groups in total. The lowest BCUT2D eigenvalue weighted by Crippen LogP contribution is -2.31. The monoisotopic (exact) mass is 551 g/mol. The molecule has 0 aliphatic heterocycles. The van der Waals surface area contributed by atoms with Crippen molar-refractivity contribution in [2.45, 2.75) is 25.6 Å². The highest BCUT2D eigenvalue weighted by Crippen LogP contribution is 2.37.